The van der Waals surface area contributed by atoms with E-state index in [1.54, 1.807) is 0 Å². The number of aliphatic carboxylic acids is 2. The van der Waals surface area contributed by atoms with E-state index in [4.69, 9.17) is 4.74 Å². The number of carboxylic acids is 2. The number of nitro groups is 1. The number of non-ortho nitro benzene ring substituents is 1. The topological polar surface area (TPSA) is 127 Å². The summed E-state index contributed by atoms with van der Waals surface area (Å²) in [5.74, 6) is -2.15. The summed E-state index contributed by atoms with van der Waals surface area (Å²) >= 11 is 0. The second-order valence-corrected chi connectivity index (χ2v) is 7.19. The van der Waals surface area contributed by atoms with Crippen molar-refractivity contribution in [1.82, 2.24) is 0 Å². The number of nitro benzene ring substituents is 1. The van der Waals surface area contributed by atoms with Gasteiger partial charge in [-0.25, -0.2) is 4.79 Å². The highest BCUT2D eigenvalue weighted by Gasteiger charge is 2.37. The van der Waals surface area contributed by atoms with E-state index in [2.05, 4.69) is 0 Å². The van der Waals surface area contributed by atoms with E-state index >= 15 is 0 Å². The van der Waals surface area contributed by atoms with Gasteiger partial charge < -0.3 is 14.9 Å². The summed E-state index contributed by atoms with van der Waals surface area (Å²) in [5.41, 5.74) is -0.416. The standard InChI is InChI=1S/C22H19NO7/c1-22(21(26)27)11-15(9-16(12-22)20(24)25)18-10-17(23(28)29)7-8-19(18)30-13-14-5-3-2-4-6-14/h2-11H,12-13H2,1H3,(H,24,25)(H,26,27). The molecule has 0 bridgehead atoms. The number of benzene rings is 2. The lowest BCUT2D eigenvalue weighted by atomic mass is 9.76. The van der Waals surface area contributed by atoms with Crippen LogP contribution in [0.5, 0.6) is 5.75 Å². The molecule has 1 aliphatic rings. The maximum atomic E-state index is 11.8. The molecule has 30 heavy (non-hydrogen) atoms. The lowest BCUT2D eigenvalue weighted by molar-refractivity contribution is -0.384. The number of nitrogens with zero attached hydrogens (tertiary/aromatic N) is 1. The second kappa shape index (κ2) is 8.20. The second-order valence-electron chi connectivity index (χ2n) is 7.19. The minimum atomic E-state index is -1.47. The van der Waals surface area contributed by atoms with Crippen molar-refractivity contribution in [1.29, 1.82) is 0 Å². The zero-order chi connectivity index (χ0) is 21.9. The van der Waals surface area contributed by atoms with Gasteiger partial charge >= 0.3 is 11.9 Å². The molecule has 3 rings (SSSR count). The van der Waals surface area contributed by atoms with Crippen LogP contribution in [-0.4, -0.2) is 27.1 Å². The molecule has 0 saturated carbocycles. The third-order valence-corrected chi connectivity index (χ3v) is 4.85. The van der Waals surface area contributed by atoms with Gasteiger partial charge in [-0.3, -0.25) is 14.9 Å². The van der Waals surface area contributed by atoms with E-state index in [0.29, 0.717) is 0 Å². The van der Waals surface area contributed by atoms with E-state index in [0.717, 1.165) is 5.56 Å². The molecule has 1 unspecified atom stereocenters. The van der Waals surface area contributed by atoms with Gasteiger partial charge in [-0.05, 0) is 36.6 Å². The van der Waals surface area contributed by atoms with E-state index in [1.165, 1.54) is 37.3 Å². The van der Waals surface area contributed by atoms with Crippen LogP contribution in [0.25, 0.3) is 5.57 Å². The Labute approximate surface area is 171 Å². The highest BCUT2D eigenvalue weighted by Crippen LogP contribution is 2.41. The number of rotatable bonds is 7. The van der Waals surface area contributed by atoms with Crippen LogP contribution in [0.15, 0.2) is 66.3 Å². The van der Waals surface area contributed by atoms with E-state index in [-0.39, 0.29) is 41.2 Å². The van der Waals surface area contributed by atoms with Crippen molar-refractivity contribution < 1.29 is 29.5 Å². The number of carbonyl (C=O) groups is 2. The van der Waals surface area contributed by atoms with Crippen molar-refractivity contribution in [2.75, 3.05) is 0 Å². The first-order valence-corrected chi connectivity index (χ1v) is 9.05. The van der Waals surface area contributed by atoms with Crippen molar-refractivity contribution in [3.8, 4) is 5.75 Å². The Bertz CT molecular complexity index is 1070. The lowest BCUT2D eigenvalue weighted by Crippen LogP contribution is -2.29. The van der Waals surface area contributed by atoms with Crippen molar-refractivity contribution in [2.45, 2.75) is 20.0 Å². The molecule has 0 aromatic heterocycles. The highest BCUT2D eigenvalue weighted by atomic mass is 16.6. The summed E-state index contributed by atoms with van der Waals surface area (Å²) in [6.45, 7) is 1.59. The number of ether oxygens (including phenoxy) is 1. The third kappa shape index (κ3) is 4.38. The molecule has 0 spiro atoms. The molecule has 1 aliphatic carbocycles. The molecule has 2 N–H and O–H groups in total. The molecule has 1 atom stereocenters. The van der Waals surface area contributed by atoms with Crippen LogP contribution in [0, 0.1) is 15.5 Å². The smallest absolute Gasteiger partial charge is 0.331 e. The molecule has 2 aromatic rings. The van der Waals surface area contributed by atoms with Crippen molar-refractivity contribution in [2.24, 2.45) is 5.41 Å². The number of allylic oxidation sites excluding steroid dienone is 2. The van der Waals surface area contributed by atoms with Crippen LogP contribution >= 0.6 is 0 Å². The average molecular weight is 409 g/mol. The molecule has 154 valence electrons. The predicted octanol–water partition coefficient (Wildman–Crippen LogP) is 4.06. The SMILES string of the molecule is CC1(C(=O)O)C=C(c2cc([N+](=O)[O-])ccc2OCc2ccccc2)C=C(C(=O)O)C1. The molecule has 0 heterocycles. The van der Waals surface area contributed by atoms with E-state index < -0.39 is 22.3 Å². The van der Waals surface area contributed by atoms with Gasteiger partial charge in [-0.1, -0.05) is 36.4 Å². The first-order chi connectivity index (χ1) is 14.2. The molecule has 0 aliphatic heterocycles. The molecule has 0 fully saturated rings. The van der Waals surface area contributed by atoms with Gasteiger partial charge in [0.15, 0.2) is 0 Å². The lowest BCUT2D eigenvalue weighted by Gasteiger charge is -2.27. The quantitative estimate of drug-likeness (QED) is 0.521. The zero-order valence-electron chi connectivity index (χ0n) is 16.1. The highest BCUT2D eigenvalue weighted by molar-refractivity contribution is 5.96. The monoisotopic (exact) mass is 409 g/mol. The van der Waals surface area contributed by atoms with Crippen LogP contribution in [0.4, 0.5) is 5.69 Å². The Morgan fingerprint density at radius 1 is 1.17 bits per heavy atom. The largest absolute Gasteiger partial charge is 0.488 e. The van der Waals surface area contributed by atoms with Gasteiger partial charge in [0.2, 0.25) is 0 Å². The number of carboxylic acid groups (broad SMARTS) is 2. The van der Waals surface area contributed by atoms with Crippen molar-refractivity contribution >= 4 is 23.2 Å². The minimum Gasteiger partial charge on any atom is -0.488 e. The molecule has 2 aromatic carbocycles. The summed E-state index contributed by atoms with van der Waals surface area (Å²) in [4.78, 5) is 34.1. The zero-order valence-corrected chi connectivity index (χ0v) is 16.1. The van der Waals surface area contributed by atoms with Gasteiger partial charge in [0.25, 0.3) is 5.69 Å². The molecule has 0 radical (unpaired) electrons. The van der Waals surface area contributed by atoms with Crippen molar-refractivity contribution in [3.05, 3.63) is 87.5 Å². The van der Waals surface area contributed by atoms with Gasteiger partial charge in [-0.2, -0.15) is 0 Å². The predicted molar refractivity (Wildman–Crippen MR) is 108 cm³/mol. The van der Waals surface area contributed by atoms with Crippen LogP contribution < -0.4 is 4.74 Å². The molecular weight excluding hydrogens is 390 g/mol. The Hall–Kier alpha value is -3.94. The summed E-state index contributed by atoms with van der Waals surface area (Å²) in [6.07, 6.45) is 2.55. The van der Waals surface area contributed by atoms with Crippen molar-refractivity contribution in [3.63, 3.8) is 0 Å². The fraction of sp³-hybridized carbons (Fsp3) is 0.182. The van der Waals surface area contributed by atoms with Crippen LogP contribution in [0.1, 0.15) is 24.5 Å². The van der Waals surface area contributed by atoms with Gasteiger partial charge in [-0.15, -0.1) is 0 Å². The van der Waals surface area contributed by atoms with Crippen LogP contribution in [0.3, 0.4) is 0 Å². The Morgan fingerprint density at radius 3 is 2.47 bits per heavy atom. The first kappa shape index (κ1) is 20.8. The summed E-state index contributed by atoms with van der Waals surface area (Å²) in [7, 11) is 0. The normalized spacial score (nSPS) is 18.2. The number of hydrogen-bond donors (Lipinski definition) is 2. The minimum absolute atomic E-state index is 0.0992. The molecule has 8 nitrogen and oxygen atoms in total. The first-order valence-electron chi connectivity index (χ1n) is 9.05. The van der Waals surface area contributed by atoms with Crippen LogP contribution in [-0.2, 0) is 16.2 Å². The van der Waals surface area contributed by atoms with Gasteiger partial charge in [0, 0.05) is 23.3 Å². The molecule has 8 heteroatoms. The summed E-state index contributed by atoms with van der Waals surface area (Å²) < 4.78 is 5.85. The summed E-state index contributed by atoms with van der Waals surface area (Å²) in [6, 6.07) is 13.2. The maximum absolute atomic E-state index is 11.8. The van der Waals surface area contributed by atoms with Gasteiger partial charge in [0.05, 0.1) is 10.3 Å². The Balaban J connectivity index is 2.09. The Kier molecular flexibility index (Phi) is 5.68. The Morgan fingerprint density at radius 2 is 1.87 bits per heavy atom. The van der Waals surface area contributed by atoms with E-state index in [1.807, 2.05) is 30.3 Å². The fourth-order valence-electron chi connectivity index (χ4n) is 3.22. The number of hydrogen-bond acceptors (Lipinski definition) is 5. The fourth-order valence-corrected chi connectivity index (χ4v) is 3.22. The third-order valence-electron chi connectivity index (χ3n) is 4.85. The average Bonchev–Trinajstić information content (AvgIpc) is 2.72. The molecule has 0 amide bonds. The van der Waals surface area contributed by atoms with E-state index in [9.17, 15) is 29.9 Å². The maximum Gasteiger partial charge on any atom is 0.331 e. The summed E-state index contributed by atoms with van der Waals surface area (Å²) in [5, 5.41) is 30.4. The molecular formula is C22H19NO7. The van der Waals surface area contributed by atoms with Gasteiger partial charge in [0.1, 0.15) is 12.4 Å². The molecule has 0 saturated heterocycles. The van der Waals surface area contributed by atoms with Crippen LogP contribution in [0.2, 0.25) is 0 Å².